The second kappa shape index (κ2) is 8.88. The average molecular weight is 459 g/mol. The number of aryl methyl sites for hydroxylation is 1. The monoisotopic (exact) mass is 458 g/mol. The Labute approximate surface area is 192 Å². The number of benzene rings is 3. The number of phenolic OH excluding ortho intramolecular Hbond substituents is 1. The van der Waals surface area contributed by atoms with E-state index in [0.717, 1.165) is 23.1 Å². The van der Waals surface area contributed by atoms with Crippen LogP contribution in [0.15, 0.2) is 90.0 Å². The lowest BCUT2D eigenvalue weighted by atomic mass is 10.1. The summed E-state index contributed by atoms with van der Waals surface area (Å²) in [5.41, 5.74) is 4.49. The molecule has 0 radical (unpaired) electrons. The zero-order chi connectivity index (χ0) is 23.6. The second-order valence-corrected chi connectivity index (χ2v) is 9.77. The van der Waals surface area contributed by atoms with Crippen LogP contribution < -0.4 is 0 Å². The van der Waals surface area contributed by atoms with Gasteiger partial charge in [-0.05, 0) is 67.6 Å². The molecule has 0 fully saturated rings. The summed E-state index contributed by atoms with van der Waals surface area (Å²) in [6.07, 6.45) is 6.13. The van der Waals surface area contributed by atoms with Crippen LogP contribution in [0.25, 0.3) is 23.0 Å². The van der Waals surface area contributed by atoms with E-state index in [2.05, 4.69) is 0 Å². The number of aromatic hydroxyl groups is 1. The lowest BCUT2D eigenvalue weighted by Gasteiger charge is -2.03. The number of aromatic nitrogens is 2. The SMILES string of the molecule is Cc1ccc(-n2cc(/C=C/C(=O)c3ccc(O)cc3)c(-c3ccc(S(C)(=O)=O)cc3)n2)cc1. The molecule has 0 bridgehead atoms. The quantitative estimate of drug-likeness (QED) is 0.329. The van der Waals surface area contributed by atoms with E-state index in [0.29, 0.717) is 16.8 Å². The number of rotatable bonds is 6. The van der Waals surface area contributed by atoms with Crippen molar-refractivity contribution < 1.29 is 18.3 Å². The van der Waals surface area contributed by atoms with Crippen molar-refractivity contribution in [1.29, 1.82) is 0 Å². The van der Waals surface area contributed by atoms with Gasteiger partial charge in [0.2, 0.25) is 0 Å². The molecule has 0 saturated heterocycles. The molecule has 3 aromatic carbocycles. The van der Waals surface area contributed by atoms with E-state index < -0.39 is 9.84 Å². The highest BCUT2D eigenvalue weighted by molar-refractivity contribution is 7.90. The number of phenols is 1. The minimum Gasteiger partial charge on any atom is -0.508 e. The van der Waals surface area contributed by atoms with Crippen molar-refractivity contribution >= 4 is 21.7 Å². The third-order valence-corrected chi connectivity index (χ3v) is 6.29. The van der Waals surface area contributed by atoms with Crippen molar-refractivity contribution in [2.45, 2.75) is 11.8 Å². The molecule has 0 atom stereocenters. The topological polar surface area (TPSA) is 89.3 Å². The summed E-state index contributed by atoms with van der Waals surface area (Å²) in [4.78, 5) is 12.8. The van der Waals surface area contributed by atoms with Crippen molar-refractivity contribution in [2.24, 2.45) is 0 Å². The van der Waals surface area contributed by atoms with Gasteiger partial charge in [-0.15, -0.1) is 0 Å². The molecule has 0 amide bonds. The molecule has 1 aromatic heterocycles. The molecule has 166 valence electrons. The molecule has 0 aliphatic carbocycles. The van der Waals surface area contributed by atoms with E-state index >= 15 is 0 Å². The van der Waals surface area contributed by atoms with Gasteiger partial charge < -0.3 is 5.11 Å². The molecule has 1 N–H and O–H groups in total. The lowest BCUT2D eigenvalue weighted by molar-refractivity contribution is 0.104. The number of nitrogens with zero attached hydrogens (tertiary/aromatic N) is 2. The molecule has 0 aliphatic rings. The van der Waals surface area contributed by atoms with Crippen LogP contribution in [0.1, 0.15) is 21.5 Å². The Morgan fingerprint density at radius 2 is 1.58 bits per heavy atom. The molecule has 33 heavy (non-hydrogen) atoms. The van der Waals surface area contributed by atoms with Crippen LogP contribution in [-0.2, 0) is 9.84 Å². The fraction of sp³-hybridized carbons (Fsp3) is 0.0769. The van der Waals surface area contributed by atoms with Gasteiger partial charge in [-0.3, -0.25) is 4.79 Å². The van der Waals surface area contributed by atoms with Crippen LogP contribution in [0.2, 0.25) is 0 Å². The Hall–Kier alpha value is -3.97. The first-order valence-electron chi connectivity index (χ1n) is 10.2. The molecule has 1 heterocycles. The Morgan fingerprint density at radius 3 is 2.18 bits per heavy atom. The molecular formula is C26H22N2O4S. The van der Waals surface area contributed by atoms with Crippen LogP contribution in [0.3, 0.4) is 0 Å². The van der Waals surface area contributed by atoms with E-state index in [-0.39, 0.29) is 16.4 Å². The van der Waals surface area contributed by atoms with Gasteiger partial charge in [0.15, 0.2) is 15.6 Å². The van der Waals surface area contributed by atoms with Crippen LogP contribution >= 0.6 is 0 Å². The summed E-state index contributed by atoms with van der Waals surface area (Å²) in [5, 5.41) is 14.1. The molecule has 4 rings (SSSR count). The van der Waals surface area contributed by atoms with Gasteiger partial charge in [0.25, 0.3) is 0 Å². The summed E-state index contributed by atoms with van der Waals surface area (Å²) < 4.78 is 25.4. The van der Waals surface area contributed by atoms with Gasteiger partial charge in [0.05, 0.1) is 16.3 Å². The molecule has 7 heteroatoms. The highest BCUT2D eigenvalue weighted by atomic mass is 32.2. The smallest absolute Gasteiger partial charge is 0.185 e. The molecule has 0 spiro atoms. The lowest BCUT2D eigenvalue weighted by Crippen LogP contribution is -1.97. The van der Waals surface area contributed by atoms with Crippen molar-refractivity contribution in [2.75, 3.05) is 6.26 Å². The number of sulfone groups is 1. The Bertz CT molecular complexity index is 1430. The molecular weight excluding hydrogens is 436 g/mol. The molecule has 0 unspecified atom stereocenters. The normalized spacial score (nSPS) is 11.7. The van der Waals surface area contributed by atoms with Crippen LogP contribution in [-0.4, -0.2) is 35.3 Å². The van der Waals surface area contributed by atoms with Crippen LogP contribution in [0.4, 0.5) is 0 Å². The van der Waals surface area contributed by atoms with Crippen LogP contribution in [0.5, 0.6) is 5.75 Å². The Kier molecular flexibility index (Phi) is 5.98. The summed E-state index contributed by atoms with van der Waals surface area (Å²) in [7, 11) is -3.31. The minimum atomic E-state index is -3.31. The van der Waals surface area contributed by atoms with Crippen LogP contribution in [0, 0.1) is 6.92 Å². The van der Waals surface area contributed by atoms with E-state index in [1.54, 1.807) is 47.2 Å². The van der Waals surface area contributed by atoms with E-state index in [9.17, 15) is 18.3 Å². The summed E-state index contributed by atoms with van der Waals surface area (Å²) >= 11 is 0. The maximum atomic E-state index is 12.6. The molecule has 0 saturated carbocycles. The average Bonchev–Trinajstić information content (AvgIpc) is 3.22. The largest absolute Gasteiger partial charge is 0.508 e. The number of hydrogen-bond donors (Lipinski definition) is 1. The van der Waals surface area contributed by atoms with E-state index in [1.165, 1.54) is 18.2 Å². The zero-order valence-electron chi connectivity index (χ0n) is 18.1. The first-order chi connectivity index (χ1) is 15.7. The van der Waals surface area contributed by atoms with E-state index in [4.69, 9.17) is 5.10 Å². The number of ketones is 1. The number of carbonyl (C=O) groups is 1. The van der Waals surface area contributed by atoms with Gasteiger partial charge in [-0.25, -0.2) is 13.1 Å². The summed E-state index contributed by atoms with van der Waals surface area (Å²) in [6.45, 7) is 2.00. The van der Waals surface area contributed by atoms with Gasteiger partial charge in [-0.1, -0.05) is 29.8 Å². The third-order valence-electron chi connectivity index (χ3n) is 5.16. The van der Waals surface area contributed by atoms with Gasteiger partial charge in [0, 0.05) is 29.1 Å². The standard InChI is InChI=1S/C26H22N2O4S/c1-18-3-10-22(11-4-18)28-17-21(9-16-25(30)19-5-12-23(29)13-6-19)26(27-28)20-7-14-24(15-8-20)33(2,31)32/h3-17,29H,1-2H3/b16-9+. The highest BCUT2D eigenvalue weighted by Crippen LogP contribution is 2.26. The van der Waals surface area contributed by atoms with Gasteiger partial charge >= 0.3 is 0 Å². The molecule has 6 nitrogen and oxygen atoms in total. The third kappa shape index (κ3) is 5.10. The van der Waals surface area contributed by atoms with Gasteiger partial charge in [0.1, 0.15) is 5.75 Å². The van der Waals surface area contributed by atoms with Crippen molar-refractivity contribution in [3.05, 3.63) is 102 Å². The van der Waals surface area contributed by atoms with E-state index in [1.807, 2.05) is 37.4 Å². The number of hydrogen-bond acceptors (Lipinski definition) is 5. The highest BCUT2D eigenvalue weighted by Gasteiger charge is 2.13. The fourth-order valence-electron chi connectivity index (χ4n) is 3.31. The van der Waals surface area contributed by atoms with Crippen molar-refractivity contribution in [3.8, 4) is 22.7 Å². The maximum Gasteiger partial charge on any atom is 0.185 e. The fourth-order valence-corrected chi connectivity index (χ4v) is 3.94. The van der Waals surface area contributed by atoms with Gasteiger partial charge in [-0.2, -0.15) is 5.10 Å². The second-order valence-electron chi connectivity index (χ2n) is 7.75. The summed E-state index contributed by atoms with van der Waals surface area (Å²) in [5.74, 6) is -0.119. The Morgan fingerprint density at radius 1 is 0.939 bits per heavy atom. The first kappa shape index (κ1) is 22.2. The predicted molar refractivity (Wildman–Crippen MR) is 128 cm³/mol. The Balaban J connectivity index is 1.74. The maximum absolute atomic E-state index is 12.6. The molecule has 4 aromatic rings. The van der Waals surface area contributed by atoms with Crippen molar-refractivity contribution in [3.63, 3.8) is 0 Å². The van der Waals surface area contributed by atoms with Crippen molar-refractivity contribution in [1.82, 2.24) is 9.78 Å². The summed E-state index contributed by atoms with van der Waals surface area (Å²) in [6, 6.07) is 20.4. The number of carbonyl (C=O) groups excluding carboxylic acids is 1. The zero-order valence-corrected chi connectivity index (χ0v) is 19.0. The minimum absolute atomic E-state index is 0.0923. The molecule has 0 aliphatic heterocycles. The predicted octanol–water partition coefficient (Wildman–Crippen LogP) is 4.85. The first-order valence-corrected chi connectivity index (χ1v) is 12.1. The number of allylic oxidation sites excluding steroid dienone is 1.